The summed E-state index contributed by atoms with van der Waals surface area (Å²) in [5, 5.41) is 11.1. The minimum Gasteiger partial charge on any atom is -0.315 e. The highest BCUT2D eigenvalue weighted by molar-refractivity contribution is 7.05. The van der Waals surface area contributed by atoms with Gasteiger partial charge in [0.05, 0.1) is 10.6 Å². The Balaban J connectivity index is 2.26. The lowest BCUT2D eigenvalue weighted by Crippen LogP contribution is -2.29. The highest BCUT2D eigenvalue weighted by atomic mass is 32.1. The van der Waals surface area contributed by atoms with E-state index in [1.807, 2.05) is 0 Å². The van der Waals surface area contributed by atoms with Gasteiger partial charge in [0.15, 0.2) is 0 Å². The van der Waals surface area contributed by atoms with Crippen molar-refractivity contribution in [1.29, 1.82) is 0 Å². The van der Waals surface area contributed by atoms with Crippen molar-refractivity contribution in [3.8, 4) is 0 Å². The molecule has 1 rings (SSSR count). The SMILES string of the molecule is CC(C)CNCCNCc1snnc1C(C)(C)C. The van der Waals surface area contributed by atoms with E-state index >= 15 is 0 Å². The lowest BCUT2D eigenvalue weighted by Gasteiger charge is -2.16. The van der Waals surface area contributed by atoms with E-state index in [4.69, 9.17) is 0 Å². The summed E-state index contributed by atoms with van der Waals surface area (Å²) in [6.07, 6.45) is 0. The molecule has 2 N–H and O–H groups in total. The molecular formula is C13H26N4S. The lowest BCUT2D eigenvalue weighted by molar-refractivity contribution is 0.529. The molecule has 0 saturated heterocycles. The summed E-state index contributed by atoms with van der Waals surface area (Å²) < 4.78 is 4.06. The van der Waals surface area contributed by atoms with Crippen molar-refractivity contribution in [3.63, 3.8) is 0 Å². The topological polar surface area (TPSA) is 49.8 Å². The highest BCUT2D eigenvalue weighted by Crippen LogP contribution is 2.25. The average molecular weight is 270 g/mol. The molecule has 0 aliphatic heterocycles. The maximum Gasteiger partial charge on any atom is 0.0854 e. The first-order valence-electron chi connectivity index (χ1n) is 6.64. The Bertz CT molecular complexity index is 341. The summed E-state index contributed by atoms with van der Waals surface area (Å²) >= 11 is 1.50. The van der Waals surface area contributed by atoms with Gasteiger partial charge < -0.3 is 10.6 Å². The number of rotatable bonds is 7. The fraction of sp³-hybridized carbons (Fsp3) is 0.846. The predicted octanol–water partition coefficient (Wildman–Crippen LogP) is 2.17. The molecule has 0 bridgehead atoms. The zero-order valence-corrected chi connectivity index (χ0v) is 13.0. The van der Waals surface area contributed by atoms with Gasteiger partial charge in [0, 0.05) is 25.0 Å². The smallest absolute Gasteiger partial charge is 0.0854 e. The molecule has 1 heterocycles. The predicted molar refractivity (Wildman–Crippen MR) is 78.0 cm³/mol. The van der Waals surface area contributed by atoms with Gasteiger partial charge in [0.2, 0.25) is 0 Å². The maximum absolute atomic E-state index is 4.24. The second kappa shape index (κ2) is 7.16. The molecular weight excluding hydrogens is 244 g/mol. The Morgan fingerprint density at radius 2 is 1.83 bits per heavy atom. The molecule has 4 nitrogen and oxygen atoms in total. The molecule has 0 amide bonds. The maximum atomic E-state index is 4.24. The molecule has 0 radical (unpaired) electrons. The summed E-state index contributed by atoms with van der Waals surface area (Å²) in [6.45, 7) is 14.9. The average Bonchev–Trinajstić information content (AvgIpc) is 2.70. The second-order valence-electron chi connectivity index (χ2n) is 6.07. The van der Waals surface area contributed by atoms with Crippen molar-refractivity contribution in [2.24, 2.45) is 5.92 Å². The van der Waals surface area contributed by atoms with Crippen molar-refractivity contribution < 1.29 is 0 Å². The Kier molecular flexibility index (Phi) is 6.18. The van der Waals surface area contributed by atoms with Gasteiger partial charge in [0.25, 0.3) is 0 Å². The fourth-order valence-corrected chi connectivity index (χ4v) is 2.48. The van der Waals surface area contributed by atoms with E-state index in [-0.39, 0.29) is 5.41 Å². The van der Waals surface area contributed by atoms with Crippen molar-refractivity contribution in [3.05, 3.63) is 10.6 Å². The van der Waals surface area contributed by atoms with Crippen molar-refractivity contribution in [2.45, 2.75) is 46.6 Å². The van der Waals surface area contributed by atoms with E-state index in [2.05, 4.69) is 54.8 Å². The standard InChI is InChI=1S/C13H26N4S/c1-10(2)8-14-6-7-15-9-11-12(13(3,4)5)16-17-18-11/h10,14-15H,6-9H2,1-5H3. The molecule has 0 atom stereocenters. The molecule has 1 aromatic rings. The third-order valence-corrected chi connectivity index (χ3v) is 3.30. The van der Waals surface area contributed by atoms with Crippen molar-refractivity contribution in [2.75, 3.05) is 19.6 Å². The lowest BCUT2D eigenvalue weighted by atomic mass is 9.91. The summed E-state index contributed by atoms with van der Waals surface area (Å²) in [5.74, 6) is 0.711. The van der Waals surface area contributed by atoms with Gasteiger partial charge in [-0.15, -0.1) is 5.10 Å². The Hall–Kier alpha value is -0.520. The third kappa shape index (κ3) is 5.42. The molecule has 0 fully saturated rings. The van der Waals surface area contributed by atoms with Crippen molar-refractivity contribution in [1.82, 2.24) is 20.2 Å². The van der Waals surface area contributed by atoms with E-state index in [1.165, 1.54) is 16.4 Å². The van der Waals surface area contributed by atoms with Gasteiger partial charge in [-0.1, -0.05) is 39.1 Å². The van der Waals surface area contributed by atoms with Gasteiger partial charge in [0.1, 0.15) is 0 Å². The summed E-state index contributed by atoms with van der Waals surface area (Å²) in [5.41, 5.74) is 1.20. The van der Waals surface area contributed by atoms with Crippen LogP contribution in [0.3, 0.4) is 0 Å². The molecule has 0 aromatic carbocycles. The third-order valence-electron chi connectivity index (χ3n) is 2.58. The van der Waals surface area contributed by atoms with Gasteiger partial charge in [-0.3, -0.25) is 0 Å². The quantitative estimate of drug-likeness (QED) is 0.746. The van der Waals surface area contributed by atoms with Gasteiger partial charge in [-0.2, -0.15) is 0 Å². The van der Waals surface area contributed by atoms with Crippen LogP contribution >= 0.6 is 11.5 Å². The zero-order chi connectivity index (χ0) is 13.6. The number of hydrogen-bond acceptors (Lipinski definition) is 5. The summed E-state index contributed by atoms with van der Waals surface area (Å²) in [6, 6.07) is 0. The van der Waals surface area contributed by atoms with E-state index in [1.54, 1.807) is 0 Å². The number of aromatic nitrogens is 2. The van der Waals surface area contributed by atoms with E-state index < -0.39 is 0 Å². The zero-order valence-electron chi connectivity index (χ0n) is 12.2. The molecule has 0 spiro atoms. The Morgan fingerprint density at radius 1 is 1.17 bits per heavy atom. The minimum atomic E-state index is 0.0832. The van der Waals surface area contributed by atoms with E-state index in [0.717, 1.165) is 31.9 Å². The summed E-state index contributed by atoms with van der Waals surface area (Å²) in [4.78, 5) is 1.26. The molecule has 0 aliphatic rings. The first kappa shape index (κ1) is 15.5. The Labute approximate surface area is 115 Å². The fourth-order valence-electron chi connectivity index (χ4n) is 1.66. The van der Waals surface area contributed by atoms with Crippen LogP contribution in [0.5, 0.6) is 0 Å². The Morgan fingerprint density at radius 3 is 2.44 bits per heavy atom. The molecule has 18 heavy (non-hydrogen) atoms. The van der Waals surface area contributed by atoms with E-state index in [9.17, 15) is 0 Å². The highest BCUT2D eigenvalue weighted by Gasteiger charge is 2.21. The normalized spacial score (nSPS) is 12.3. The van der Waals surface area contributed by atoms with Crippen LogP contribution in [0.15, 0.2) is 0 Å². The molecule has 104 valence electrons. The second-order valence-corrected chi connectivity index (χ2v) is 6.91. The van der Waals surface area contributed by atoms with Crippen LogP contribution in [-0.4, -0.2) is 29.2 Å². The number of nitrogens with zero attached hydrogens (tertiary/aromatic N) is 2. The first-order valence-corrected chi connectivity index (χ1v) is 7.41. The molecule has 1 aromatic heterocycles. The van der Waals surface area contributed by atoms with Crippen LogP contribution in [0.1, 0.15) is 45.2 Å². The monoisotopic (exact) mass is 270 g/mol. The summed E-state index contributed by atoms with van der Waals surface area (Å²) in [7, 11) is 0. The minimum absolute atomic E-state index is 0.0832. The van der Waals surface area contributed by atoms with Crippen LogP contribution in [0, 0.1) is 5.92 Å². The van der Waals surface area contributed by atoms with Crippen molar-refractivity contribution >= 4 is 11.5 Å². The number of hydrogen-bond donors (Lipinski definition) is 2. The first-order chi connectivity index (χ1) is 8.41. The molecule has 0 unspecified atom stereocenters. The van der Waals surface area contributed by atoms with E-state index in [0.29, 0.717) is 5.92 Å². The van der Waals surface area contributed by atoms with Gasteiger partial charge >= 0.3 is 0 Å². The van der Waals surface area contributed by atoms with Crippen LogP contribution in [0.2, 0.25) is 0 Å². The molecule has 0 aliphatic carbocycles. The number of nitrogens with one attached hydrogen (secondary N) is 2. The van der Waals surface area contributed by atoms with Crippen LogP contribution in [0.25, 0.3) is 0 Å². The molecule has 0 saturated carbocycles. The van der Waals surface area contributed by atoms with Gasteiger partial charge in [-0.25, -0.2) is 0 Å². The molecule has 5 heteroatoms. The van der Waals surface area contributed by atoms with Gasteiger partial charge in [-0.05, 0) is 24.0 Å². The van der Waals surface area contributed by atoms with Crippen LogP contribution in [-0.2, 0) is 12.0 Å². The van der Waals surface area contributed by atoms with Crippen LogP contribution in [0.4, 0.5) is 0 Å². The van der Waals surface area contributed by atoms with Crippen LogP contribution < -0.4 is 10.6 Å². The largest absolute Gasteiger partial charge is 0.315 e.